The summed E-state index contributed by atoms with van der Waals surface area (Å²) in [4.78, 5) is 12.3. The van der Waals surface area contributed by atoms with Crippen LogP contribution in [-0.4, -0.2) is 25.8 Å². The minimum Gasteiger partial charge on any atom is -0.308 e. The first-order valence-corrected chi connectivity index (χ1v) is 8.51. The number of nitrogens with zero attached hydrogens (tertiary/aromatic N) is 4. The standard InChI is InChI=1S/C20H18N6O/c1-13-6-7-17(10-14(13)2)23-20(27)22-16-5-3-4-15(11-16)18-8-9-19-24-21-12-26(19)25-18/h3-12H,1-2H3,(H2,22,23,27). The van der Waals surface area contributed by atoms with E-state index in [0.717, 1.165) is 22.5 Å². The summed E-state index contributed by atoms with van der Waals surface area (Å²) in [6, 6.07) is 16.8. The number of aromatic nitrogens is 4. The molecule has 0 radical (unpaired) electrons. The number of hydrogen-bond acceptors (Lipinski definition) is 4. The predicted molar refractivity (Wildman–Crippen MR) is 105 cm³/mol. The number of carbonyl (C=O) groups excluding carboxylic acids is 1. The van der Waals surface area contributed by atoms with Crippen molar-refractivity contribution < 1.29 is 4.79 Å². The van der Waals surface area contributed by atoms with Crippen LogP contribution in [0.1, 0.15) is 11.1 Å². The Hall–Kier alpha value is -3.74. The first-order valence-electron chi connectivity index (χ1n) is 8.51. The molecule has 0 atom stereocenters. The molecule has 2 N–H and O–H groups in total. The average molecular weight is 358 g/mol. The zero-order valence-electron chi connectivity index (χ0n) is 15.0. The number of hydrogen-bond donors (Lipinski definition) is 2. The third kappa shape index (κ3) is 3.62. The molecule has 0 saturated carbocycles. The third-order valence-corrected chi connectivity index (χ3v) is 4.34. The van der Waals surface area contributed by atoms with Crippen LogP contribution < -0.4 is 10.6 Å². The predicted octanol–water partition coefficient (Wildman–Crippen LogP) is 4.05. The van der Waals surface area contributed by atoms with Crippen molar-refractivity contribution in [3.05, 3.63) is 72.1 Å². The third-order valence-electron chi connectivity index (χ3n) is 4.34. The summed E-state index contributed by atoms with van der Waals surface area (Å²) in [6.45, 7) is 4.05. The quantitative estimate of drug-likeness (QED) is 0.579. The normalized spacial score (nSPS) is 10.7. The van der Waals surface area contributed by atoms with E-state index in [1.165, 1.54) is 5.56 Å². The zero-order valence-corrected chi connectivity index (χ0v) is 15.0. The molecule has 0 aliphatic carbocycles. The molecule has 2 aromatic heterocycles. The van der Waals surface area contributed by atoms with Crippen molar-refractivity contribution in [2.24, 2.45) is 0 Å². The molecular weight excluding hydrogens is 340 g/mol. The van der Waals surface area contributed by atoms with Gasteiger partial charge in [0.2, 0.25) is 0 Å². The lowest BCUT2D eigenvalue weighted by molar-refractivity contribution is 0.262. The maximum atomic E-state index is 12.3. The fourth-order valence-corrected chi connectivity index (χ4v) is 2.75. The van der Waals surface area contributed by atoms with Crippen LogP contribution in [0.3, 0.4) is 0 Å². The van der Waals surface area contributed by atoms with Gasteiger partial charge < -0.3 is 10.6 Å². The van der Waals surface area contributed by atoms with Gasteiger partial charge in [-0.15, -0.1) is 10.2 Å². The number of carbonyl (C=O) groups is 1. The van der Waals surface area contributed by atoms with E-state index in [1.54, 1.807) is 10.8 Å². The Morgan fingerprint density at radius 3 is 2.56 bits per heavy atom. The number of benzene rings is 2. The van der Waals surface area contributed by atoms with Crippen molar-refractivity contribution >= 4 is 23.1 Å². The number of amides is 2. The van der Waals surface area contributed by atoms with E-state index in [9.17, 15) is 4.79 Å². The Balaban J connectivity index is 1.51. The van der Waals surface area contributed by atoms with E-state index in [2.05, 4.69) is 25.9 Å². The maximum Gasteiger partial charge on any atom is 0.323 e. The van der Waals surface area contributed by atoms with Crippen molar-refractivity contribution in [2.75, 3.05) is 10.6 Å². The van der Waals surface area contributed by atoms with Crippen molar-refractivity contribution in [1.82, 2.24) is 19.8 Å². The smallest absolute Gasteiger partial charge is 0.308 e. The van der Waals surface area contributed by atoms with E-state index in [4.69, 9.17) is 0 Å². The monoisotopic (exact) mass is 358 g/mol. The largest absolute Gasteiger partial charge is 0.323 e. The number of anilines is 2. The summed E-state index contributed by atoms with van der Waals surface area (Å²) >= 11 is 0. The van der Waals surface area contributed by atoms with Crippen molar-refractivity contribution in [3.63, 3.8) is 0 Å². The molecular formula is C20H18N6O. The van der Waals surface area contributed by atoms with Crippen LogP contribution >= 0.6 is 0 Å². The van der Waals surface area contributed by atoms with Crippen LogP contribution in [0.2, 0.25) is 0 Å². The van der Waals surface area contributed by atoms with E-state index >= 15 is 0 Å². The molecule has 7 nitrogen and oxygen atoms in total. The molecule has 134 valence electrons. The lowest BCUT2D eigenvalue weighted by atomic mass is 10.1. The minimum atomic E-state index is -0.294. The van der Waals surface area contributed by atoms with Crippen LogP contribution in [0.15, 0.2) is 60.9 Å². The Bertz CT molecular complexity index is 1130. The van der Waals surface area contributed by atoms with Gasteiger partial charge in [-0.25, -0.2) is 4.79 Å². The molecule has 0 bridgehead atoms. The average Bonchev–Trinajstić information content (AvgIpc) is 3.12. The van der Waals surface area contributed by atoms with Gasteiger partial charge in [-0.2, -0.15) is 9.61 Å². The summed E-state index contributed by atoms with van der Waals surface area (Å²) in [7, 11) is 0. The van der Waals surface area contributed by atoms with Gasteiger partial charge in [-0.05, 0) is 61.4 Å². The molecule has 2 aromatic carbocycles. The van der Waals surface area contributed by atoms with Gasteiger partial charge in [0.25, 0.3) is 0 Å². The Morgan fingerprint density at radius 1 is 0.926 bits per heavy atom. The second-order valence-corrected chi connectivity index (χ2v) is 6.31. The molecule has 4 rings (SSSR count). The number of aryl methyl sites for hydroxylation is 2. The SMILES string of the molecule is Cc1ccc(NC(=O)Nc2cccc(-c3ccc4nncn4n3)c2)cc1C. The highest BCUT2D eigenvalue weighted by molar-refractivity contribution is 6.00. The number of fused-ring (bicyclic) bond motifs is 1. The second-order valence-electron chi connectivity index (χ2n) is 6.31. The van der Waals surface area contributed by atoms with Crippen molar-refractivity contribution in [2.45, 2.75) is 13.8 Å². The van der Waals surface area contributed by atoms with E-state index in [0.29, 0.717) is 11.3 Å². The second kappa shape index (κ2) is 6.87. The molecule has 0 saturated heterocycles. The molecule has 0 unspecified atom stereocenters. The first kappa shape index (κ1) is 16.7. The summed E-state index contributed by atoms with van der Waals surface area (Å²) in [5.41, 5.74) is 6.08. The number of rotatable bonds is 3. The Labute approximate surface area is 156 Å². The summed E-state index contributed by atoms with van der Waals surface area (Å²) in [5, 5.41) is 18.0. The van der Waals surface area contributed by atoms with Crippen LogP contribution in [-0.2, 0) is 0 Å². The van der Waals surface area contributed by atoms with Crippen LogP contribution in [0.5, 0.6) is 0 Å². The molecule has 27 heavy (non-hydrogen) atoms. The number of urea groups is 1. The van der Waals surface area contributed by atoms with E-state index < -0.39 is 0 Å². The molecule has 4 aromatic rings. The highest BCUT2D eigenvalue weighted by Crippen LogP contribution is 2.21. The summed E-state index contributed by atoms with van der Waals surface area (Å²) in [6.07, 6.45) is 1.55. The molecule has 0 spiro atoms. The van der Waals surface area contributed by atoms with Gasteiger partial charge in [-0.1, -0.05) is 18.2 Å². The summed E-state index contributed by atoms with van der Waals surface area (Å²) < 4.78 is 1.61. The van der Waals surface area contributed by atoms with Crippen molar-refractivity contribution in [1.29, 1.82) is 0 Å². The van der Waals surface area contributed by atoms with Crippen LogP contribution in [0.25, 0.3) is 16.9 Å². The highest BCUT2D eigenvalue weighted by atomic mass is 16.2. The molecule has 7 heteroatoms. The summed E-state index contributed by atoms with van der Waals surface area (Å²) in [5.74, 6) is 0. The van der Waals surface area contributed by atoms with Gasteiger partial charge in [0.1, 0.15) is 6.33 Å². The van der Waals surface area contributed by atoms with Gasteiger partial charge in [0.05, 0.1) is 5.69 Å². The lowest BCUT2D eigenvalue weighted by Crippen LogP contribution is -2.19. The molecule has 2 amide bonds. The fraction of sp³-hybridized carbons (Fsp3) is 0.100. The molecule has 0 fully saturated rings. The molecule has 0 aliphatic heterocycles. The van der Waals surface area contributed by atoms with Crippen LogP contribution in [0, 0.1) is 13.8 Å². The lowest BCUT2D eigenvalue weighted by Gasteiger charge is -2.10. The minimum absolute atomic E-state index is 0.294. The first-order chi connectivity index (χ1) is 13.1. The highest BCUT2D eigenvalue weighted by Gasteiger charge is 2.07. The Morgan fingerprint density at radius 2 is 1.74 bits per heavy atom. The van der Waals surface area contributed by atoms with E-state index in [1.807, 2.05) is 68.4 Å². The Kier molecular flexibility index (Phi) is 4.25. The van der Waals surface area contributed by atoms with Gasteiger partial charge in [0, 0.05) is 16.9 Å². The van der Waals surface area contributed by atoms with Gasteiger partial charge in [0.15, 0.2) is 5.65 Å². The van der Waals surface area contributed by atoms with Crippen molar-refractivity contribution in [3.8, 4) is 11.3 Å². The topological polar surface area (TPSA) is 84.2 Å². The molecule has 0 aliphatic rings. The van der Waals surface area contributed by atoms with E-state index in [-0.39, 0.29) is 6.03 Å². The van der Waals surface area contributed by atoms with Gasteiger partial charge in [-0.3, -0.25) is 0 Å². The maximum absolute atomic E-state index is 12.3. The van der Waals surface area contributed by atoms with Crippen LogP contribution in [0.4, 0.5) is 16.2 Å². The zero-order chi connectivity index (χ0) is 18.8. The number of nitrogens with one attached hydrogen (secondary N) is 2. The fourth-order valence-electron chi connectivity index (χ4n) is 2.75. The molecule has 2 heterocycles. The van der Waals surface area contributed by atoms with Gasteiger partial charge >= 0.3 is 6.03 Å².